The highest BCUT2D eigenvalue weighted by molar-refractivity contribution is 5.98. The molecule has 0 spiro atoms. The van der Waals surface area contributed by atoms with E-state index in [2.05, 4.69) is 20.6 Å². The molecule has 0 radical (unpaired) electrons. The Balaban J connectivity index is 1.44. The maximum Gasteiger partial charge on any atom is 0.407 e. The molecular weight excluding hydrogens is 508 g/mol. The minimum Gasteiger partial charge on any atom is -0.465 e. The second-order valence-electron chi connectivity index (χ2n) is 10.2. The Kier molecular flexibility index (Phi) is 7.97. The van der Waals surface area contributed by atoms with Crippen molar-refractivity contribution in [3.8, 4) is 22.9 Å². The number of nitrogens with zero attached hydrogens (tertiary/aromatic N) is 4. The van der Waals surface area contributed by atoms with Gasteiger partial charge in [0, 0.05) is 54.0 Å². The smallest absolute Gasteiger partial charge is 0.407 e. The highest BCUT2D eigenvalue weighted by Crippen LogP contribution is 2.38. The zero-order valence-electron chi connectivity index (χ0n) is 22.8. The zero-order valence-corrected chi connectivity index (χ0v) is 22.8. The second-order valence-corrected chi connectivity index (χ2v) is 10.2. The van der Waals surface area contributed by atoms with E-state index in [1.54, 1.807) is 25.4 Å². The van der Waals surface area contributed by atoms with Crippen LogP contribution in [0.2, 0.25) is 0 Å². The zero-order chi connectivity index (χ0) is 28.2. The van der Waals surface area contributed by atoms with Crippen molar-refractivity contribution < 1.29 is 19.7 Å². The van der Waals surface area contributed by atoms with E-state index >= 15 is 0 Å². The molecule has 0 saturated carbocycles. The van der Waals surface area contributed by atoms with Crippen molar-refractivity contribution in [1.82, 2.24) is 19.9 Å². The van der Waals surface area contributed by atoms with Gasteiger partial charge in [-0.1, -0.05) is 24.3 Å². The van der Waals surface area contributed by atoms with Crippen LogP contribution in [0.1, 0.15) is 32.3 Å². The molecule has 0 aliphatic carbocycles. The number of carbonyl (C=O) groups is 1. The first kappa shape index (κ1) is 27.1. The number of hydrogen-bond acceptors (Lipinski definition) is 8. The predicted octanol–water partition coefficient (Wildman–Crippen LogP) is 5.53. The highest BCUT2D eigenvalue weighted by atomic mass is 16.5. The van der Waals surface area contributed by atoms with Crippen molar-refractivity contribution in [2.45, 2.75) is 51.8 Å². The molecule has 3 unspecified atom stereocenters. The van der Waals surface area contributed by atoms with Gasteiger partial charge in [0.15, 0.2) is 0 Å². The monoisotopic (exact) mass is 542 g/mol. The molecule has 4 aromatic rings. The Hall–Kier alpha value is -4.44. The van der Waals surface area contributed by atoms with E-state index in [1.807, 2.05) is 56.3 Å². The summed E-state index contributed by atoms with van der Waals surface area (Å²) in [6.45, 7) is 6.62. The molecule has 2 aromatic carbocycles. The Labute approximate surface area is 233 Å². The largest absolute Gasteiger partial charge is 0.465 e. The summed E-state index contributed by atoms with van der Waals surface area (Å²) in [6, 6.07) is 15.4. The third-order valence-electron chi connectivity index (χ3n) is 7.24. The molecule has 1 amide bonds. The maximum absolute atomic E-state index is 11.4. The van der Waals surface area contributed by atoms with E-state index in [1.165, 1.54) is 4.90 Å². The fraction of sp³-hybridized carbons (Fsp3) is 0.333. The predicted molar refractivity (Wildman–Crippen MR) is 155 cm³/mol. The number of piperidine rings is 1. The van der Waals surface area contributed by atoms with Crippen LogP contribution in [-0.4, -0.2) is 67.4 Å². The van der Waals surface area contributed by atoms with Gasteiger partial charge in [-0.15, -0.1) is 0 Å². The lowest BCUT2D eigenvalue weighted by Gasteiger charge is -2.31. The lowest BCUT2D eigenvalue weighted by molar-refractivity contribution is 0.132. The van der Waals surface area contributed by atoms with Gasteiger partial charge in [-0.2, -0.15) is 0 Å². The Morgan fingerprint density at radius 3 is 2.73 bits per heavy atom. The number of carboxylic acid groups (broad SMARTS) is 1. The van der Waals surface area contributed by atoms with E-state index in [0.717, 1.165) is 34.9 Å². The van der Waals surface area contributed by atoms with Gasteiger partial charge in [0.2, 0.25) is 11.8 Å². The maximum atomic E-state index is 11.4. The van der Waals surface area contributed by atoms with Crippen LogP contribution in [0.4, 0.5) is 16.4 Å². The summed E-state index contributed by atoms with van der Waals surface area (Å²) in [4.78, 5) is 26.5. The number of ether oxygens (including phenoxy) is 1. The van der Waals surface area contributed by atoms with Crippen molar-refractivity contribution in [2.75, 3.05) is 23.7 Å². The molecule has 0 bridgehead atoms. The number of aliphatic hydroxyl groups is 1. The molecule has 5 rings (SSSR count). The van der Waals surface area contributed by atoms with Gasteiger partial charge in [-0.25, -0.2) is 19.7 Å². The molecule has 3 heterocycles. The van der Waals surface area contributed by atoms with E-state index in [9.17, 15) is 15.0 Å². The number of aliphatic hydroxyl groups excluding tert-OH is 1. The Bertz CT molecular complexity index is 1510. The molecule has 208 valence electrons. The van der Waals surface area contributed by atoms with Crippen LogP contribution in [0, 0.1) is 6.92 Å². The second kappa shape index (κ2) is 11.7. The Morgan fingerprint density at radius 1 is 1.07 bits per heavy atom. The molecule has 2 aromatic heterocycles. The van der Waals surface area contributed by atoms with Crippen molar-refractivity contribution in [3.63, 3.8) is 0 Å². The quantitative estimate of drug-likeness (QED) is 0.227. The summed E-state index contributed by atoms with van der Waals surface area (Å²) in [7, 11) is 0. The van der Waals surface area contributed by atoms with Crippen LogP contribution in [0.5, 0.6) is 11.6 Å². The molecule has 3 atom stereocenters. The van der Waals surface area contributed by atoms with Crippen LogP contribution in [0.25, 0.3) is 22.0 Å². The lowest BCUT2D eigenvalue weighted by Crippen LogP contribution is -2.44. The van der Waals surface area contributed by atoms with Crippen molar-refractivity contribution in [2.24, 2.45) is 0 Å². The van der Waals surface area contributed by atoms with E-state index < -0.39 is 12.2 Å². The summed E-state index contributed by atoms with van der Waals surface area (Å²) in [5.41, 5.74) is 3.21. The SMILES string of the molecule is Cc1ccc2c(NC(C)C(C)O)cccc2c1Oc1ncccc1-c1ccnc(NC2CCCN(C(=O)O)C2)n1. The fourth-order valence-electron chi connectivity index (χ4n) is 4.86. The first-order chi connectivity index (χ1) is 19.3. The van der Waals surface area contributed by atoms with Crippen molar-refractivity contribution in [1.29, 1.82) is 0 Å². The summed E-state index contributed by atoms with van der Waals surface area (Å²) < 4.78 is 6.50. The van der Waals surface area contributed by atoms with Crippen LogP contribution in [-0.2, 0) is 0 Å². The number of anilines is 2. The van der Waals surface area contributed by atoms with Gasteiger partial charge in [-0.3, -0.25) is 0 Å². The average molecular weight is 543 g/mol. The van der Waals surface area contributed by atoms with Crippen molar-refractivity contribution >= 4 is 28.5 Å². The summed E-state index contributed by atoms with van der Waals surface area (Å²) in [5.74, 6) is 1.52. The van der Waals surface area contributed by atoms with Crippen LogP contribution in [0.15, 0.2) is 60.9 Å². The number of aromatic nitrogens is 3. The molecule has 4 N–H and O–H groups in total. The van der Waals surface area contributed by atoms with E-state index in [-0.39, 0.29) is 12.1 Å². The standard InChI is InChI=1S/C30H34N6O4/c1-18-11-12-22-23(8-4-10-25(22)33-19(2)20(3)37)27(18)40-28-24(9-5-14-31-28)26-13-15-32-29(35-26)34-21-7-6-16-36(17-21)30(38)39/h4-5,8-15,19-21,33,37H,6-7,16-17H2,1-3H3,(H,38,39)(H,32,34,35). The minimum absolute atomic E-state index is 0.0672. The lowest BCUT2D eigenvalue weighted by atomic mass is 10.0. The third kappa shape index (κ3) is 5.91. The third-order valence-corrected chi connectivity index (χ3v) is 7.24. The molecule has 1 aliphatic heterocycles. The van der Waals surface area contributed by atoms with Gasteiger partial charge < -0.3 is 30.5 Å². The van der Waals surface area contributed by atoms with Gasteiger partial charge in [0.1, 0.15) is 5.75 Å². The minimum atomic E-state index is -0.914. The summed E-state index contributed by atoms with van der Waals surface area (Å²) in [5, 5.41) is 27.9. The number of aryl methyl sites for hydroxylation is 1. The highest BCUT2D eigenvalue weighted by Gasteiger charge is 2.24. The number of amides is 1. The van der Waals surface area contributed by atoms with Crippen LogP contribution >= 0.6 is 0 Å². The first-order valence-corrected chi connectivity index (χ1v) is 13.5. The number of benzene rings is 2. The van der Waals surface area contributed by atoms with Crippen molar-refractivity contribution in [3.05, 3.63) is 66.5 Å². The van der Waals surface area contributed by atoms with Crippen LogP contribution < -0.4 is 15.4 Å². The topological polar surface area (TPSA) is 133 Å². The number of likely N-dealkylation sites (tertiary alicyclic amines) is 1. The number of nitrogens with one attached hydrogen (secondary N) is 2. The molecule has 40 heavy (non-hydrogen) atoms. The molecule has 10 heteroatoms. The molecule has 10 nitrogen and oxygen atoms in total. The number of pyridine rings is 1. The van der Waals surface area contributed by atoms with Gasteiger partial charge >= 0.3 is 6.09 Å². The summed E-state index contributed by atoms with van der Waals surface area (Å²) >= 11 is 0. The molecule has 1 fully saturated rings. The number of fused-ring (bicyclic) bond motifs is 1. The Morgan fingerprint density at radius 2 is 1.93 bits per heavy atom. The van der Waals surface area contributed by atoms with Crippen LogP contribution in [0.3, 0.4) is 0 Å². The van der Waals surface area contributed by atoms with E-state index in [4.69, 9.17) is 9.72 Å². The number of hydrogen-bond donors (Lipinski definition) is 4. The normalized spacial score (nSPS) is 16.8. The van der Waals surface area contributed by atoms with Gasteiger partial charge in [0.05, 0.1) is 17.4 Å². The average Bonchev–Trinajstić information content (AvgIpc) is 2.95. The number of rotatable bonds is 8. The van der Waals surface area contributed by atoms with E-state index in [0.29, 0.717) is 41.9 Å². The summed E-state index contributed by atoms with van der Waals surface area (Å²) in [6.07, 6.45) is 3.55. The molecular formula is C30H34N6O4. The van der Waals surface area contributed by atoms with Gasteiger partial charge in [0.25, 0.3) is 0 Å². The first-order valence-electron chi connectivity index (χ1n) is 13.5. The fourth-order valence-corrected chi connectivity index (χ4v) is 4.86. The molecule has 1 saturated heterocycles. The van der Waals surface area contributed by atoms with Gasteiger partial charge in [-0.05, 0) is 63.4 Å². The molecule has 1 aliphatic rings.